The number of ketones is 2. The molecule has 17 heavy (non-hydrogen) atoms. The summed E-state index contributed by atoms with van der Waals surface area (Å²) in [5.74, 6) is 0.276. The van der Waals surface area contributed by atoms with Gasteiger partial charge in [0.15, 0.2) is 0 Å². The zero-order valence-electron chi connectivity index (χ0n) is 12.1. The molecule has 0 heterocycles. The van der Waals surface area contributed by atoms with Gasteiger partial charge in [0, 0.05) is 11.8 Å². The molecule has 1 aliphatic carbocycles. The summed E-state index contributed by atoms with van der Waals surface area (Å²) < 4.78 is 0. The Kier molecular flexibility index (Phi) is 3.85. The van der Waals surface area contributed by atoms with E-state index in [2.05, 4.69) is 20.8 Å². The summed E-state index contributed by atoms with van der Waals surface area (Å²) in [6, 6.07) is 0. The highest BCUT2D eigenvalue weighted by Gasteiger charge is 2.49. The van der Waals surface area contributed by atoms with Crippen molar-refractivity contribution in [1.82, 2.24) is 0 Å². The van der Waals surface area contributed by atoms with Crippen LogP contribution in [0.3, 0.4) is 0 Å². The number of rotatable bonds is 2. The van der Waals surface area contributed by atoms with Crippen molar-refractivity contribution < 1.29 is 9.59 Å². The van der Waals surface area contributed by atoms with Crippen molar-refractivity contribution in [3.63, 3.8) is 0 Å². The Morgan fingerprint density at radius 2 is 1.88 bits per heavy atom. The van der Waals surface area contributed by atoms with Crippen LogP contribution in [0.1, 0.15) is 60.8 Å². The van der Waals surface area contributed by atoms with Crippen molar-refractivity contribution in [2.75, 3.05) is 0 Å². The average Bonchev–Trinajstić information content (AvgIpc) is 2.19. The first kappa shape index (κ1) is 14.4. The molecule has 0 amide bonds. The van der Waals surface area contributed by atoms with Gasteiger partial charge in [-0.05, 0) is 25.2 Å². The lowest BCUT2D eigenvalue weighted by atomic mass is 9.60. The minimum Gasteiger partial charge on any atom is -0.298 e. The van der Waals surface area contributed by atoms with E-state index in [1.165, 1.54) is 0 Å². The van der Waals surface area contributed by atoms with E-state index in [1.54, 1.807) is 0 Å². The van der Waals surface area contributed by atoms with Gasteiger partial charge in [0.1, 0.15) is 11.6 Å². The van der Waals surface area contributed by atoms with Gasteiger partial charge in [-0.2, -0.15) is 0 Å². The minimum atomic E-state index is -0.732. The lowest BCUT2D eigenvalue weighted by Crippen LogP contribution is -2.48. The largest absolute Gasteiger partial charge is 0.298 e. The van der Waals surface area contributed by atoms with Crippen LogP contribution in [0.15, 0.2) is 0 Å². The fourth-order valence-electron chi connectivity index (χ4n) is 3.01. The predicted octanol–water partition coefficient (Wildman–Crippen LogP) is 3.63. The quantitative estimate of drug-likeness (QED) is 0.688. The maximum absolute atomic E-state index is 12.6. The van der Waals surface area contributed by atoms with Gasteiger partial charge in [0.05, 0.1) is 5.41 Å². The summed E-state index contributed by atoms with van der Waals surface area (Å²) >= 11 is 0. The normalized spacial score (nSPS) is 30.8. The molecule has 0 N–H and O–H groups in total. The van der Waals surface area contributed by atoms with Crippen LogP contribution in [0.2, 0.25) is 0 Å². The van der Waals surface area contributed by atoms with Crippen LogP contribution in [-0.2, 0) is 9.59 Å². The summed E-state index contributed by atoms with van der Waals surface area (Å²) in [6.07, 6.45) is 2.65. The van der Waals surface area contributed by atoms with Gasteiger partial charge < -0.3 is 0 Å². The Hall–Kier alpha value is -0.660. The highest BCUT2D eigenvalue weighted by Crippen LogP contribution is 2.44. The molecule has 2 atom stereocenters. The molecule has 0 spiro atoms. The van der Waals surface area contributed by atoms with Crippen molar-refractivity contribution in [3.05, 3.63) is 0 Å². The molecule has 1 aliphatic rings. The molecule has 0 radical (unpaired) electrons. The monoisotopic (exact) mass is 238 g/mol. The van der Waals surface area contributed by atoms with E-state index in [9.17, 15) is 9.59 Å². The number of carbonyl (C=O) groups is 2. The molecule has 1 fully saturated rings. The standard InChI is InChI=1S/C15H26O2/c1-10(2)12(16)15(6)9-7-8-11(13(15)17)14(3,4)5/h10-11H,7-9H2,1-6H3. The van der Waals surface area contributed by atoms with Gasteiger partial charge in [-0.1, -0.05) is 41.0 Å². The van der Waals surface area contributed by atoms with Crippen LogP contribution in [0.5, 0.6) is 0 Å². The van der Waals surface area contributed by atoms with Gasteiger partial charge in [0.2, 0.25) is 0 Å². The fourth-order valence-corrected chi connectivity index (χ4v) is 3.01. The molecular formula is C15H26O2. The Bertz CT molecular complexity index is 322. The molecule has 2 heteroatoms. The first-order valence-electron chi connectivity index (χ1n) is 6.69. The van der Waals surface area contributed by atoms with Crippen LogP contribution >= 0.6 is 0 Å². The zero-order chi connectivity index (χ0) is 13.4. The van der Waals surface area contributed by atoms with E-state index < -0.39 is 5.41 Å². The Morgan fingerprint density at radius 1 is 1.35 bits per heavy atom. The lowest BCUT2D eigenvalue weighted by Gasteiger charge is -2.41. The van der Waals surface area contributed by atoms with E-state index in [4.69, 9.17) is 0 Å². The number of hydrogen-bond donors (Lipinski definition) is 0. The number of Topliss-reactive ketones (excluding diaryl/α,β-unsaturated/α-hetero) is 2. The SMILES string of the molecule is CC(C)C(=O)C1(C)CCCC(C(C)(C)C)C1=O. The molecule has 1 saturated carbocycles. The van der Waals surface area contributed by atoms with Crippen LogP contribution in [-0.4, -0.2) is 11.6 Å². The van der Waals surface area contributed by atoms with Gasteiger partial charge in [-0.15, -0.1) is 0 Å². The summed E-state index contributed by atoms with van der Waals surface area (Å²) in [7, 11) is 0. The average molecular weight is 238 g/mol. The van der Waals surface area contributed by atoms with Gasteiger partial charge >= 0.3 is 0 Å². The molecular weight excluding hydrogens is 212 g/mol. The third-order valence-electron chi connectivity index (χ3n) is 4.14. The molecule has 1 rings (SSSR count). The molecule has 0 saturated heterocycles. The number of hydrogen-bond acceptors (Lipinski definition) is 2. The van der Waals surface area contributed by atoms with Crippen molar-refractivity contribution in [2.24, 2.45) is 22.7 Å². The van der Waals surface area contributed by atoms with Crippen LogP contribution in [0.25, 0.3) is 0 Å². The van der Waals surface area contributed by atoms with Gasteiger partial charge in [-0.25, -0.2) is 0 Å². The maximum Gasteiger partial charge on any atom is 0.149 e. The third kappa shape index (κ3) is 2.61. The van der Waals surface area contributed by atoms with Crippen molar-refractivity contribution in [3.8, 4) is 0 Å². The first-order valence-corrected chi connectivity index (χ1v) is 6.69. The number of carbonyl (C=O) groups excluding carboxylic acids is 2. The molecule has 0 bridgehead atoms. The highest BCUT2D eigenvalue weighted by atomic mass is 16.2. The van der Waals surface area contributed by atoms with E-state index in [0.717, 1.165) is 19.3 Å². The molecule has 2 nitrogen and oxygen atoms in total. The lowest BCUT2D eigenvalue weighted by molar-refractivity contribution is -0.149. The second-order valence-electron chi connectivity index (χ2n) is 7.03. The Labute approximate surface area is 105 Å². The van der Waals surface area contributed by atoms with Crippen molar-refractivity contribution >= 4 is 11.6 Å². The summed E-state index contributed by atoms with van der Waals surface area (Å²) in [4.78, 5) is 24.9. The minimum absolute atomic E-state index is 0.0314. The van der Waals surface area contributed by atoms with Gasteiger partial charge in [0.25, 0.3) is 0 Å². The first-order chi connectivity index (χ1) is 7.60. The van der Waals surface area contributed by atoms with Gasteiger partial charge in [-0.3, -0.25) is 9.59 Å². The zero-order valence-corrected chi connectivity index (χ0v) is 12.1. The van der Waals surface area contributed by atoms with E-state index in [-0.39, 0.29) is 28.8 Å². The van der Waals surface area contributed by atoms with Crippen molar-refractivity contribution in [2.45, 2.75) is 60.8 Å². The molecule has 98 valence electrons. The van der Waals surface area contributed by atoms with Crippen LogP contribution in [0.4, 0.5) is 0 Å². The van der Waals surface area contributed by atoms with E-state index in [0.29, 0.717) is 0 Å². The van der Waals surface area contributed by atoms with Crippen LogP contribution in [0, 0.1) is 22.7 Å². The predicted molar refractivity (Wildman–Crippen MR) is 69.8 cm³/mol. The molecule has 0 aromatic rings. The van der Waals surface area contributed by atoms with E-state index in [1.807, 2.05) is 20.8 Å². The summed E-state index contributed by atoms with van der Waals surface area (Å²) in [6.45, 7) is 11.9. The second kappa shape index (κ2) is 4.55. The Balaban J connectivity index is 3.03. The van der Waals surface area contributed by atoms with Crippen LogP contribution < -0.4 is 0 Å². The second-order valence-corrected chi connectivity index (χ2v) is 7.03. The topological polar surface area (TPSA) is 34.1 Å². The Morgan fingerprint density at radius 3 is 2.29 bits per heavy atom. The maximum atomic E-state index is 12.6. The molecule has 0 aromatic heterocycles. The van der Waals surface area contributed by atoms with Crippen molar-refractivity contribution in [1.29, 1.82) is 0 Å². The highest BCUT2D eigenvalue weighted by molar-refractivity contribution is 6.08. The molecule has 0 aromatic carbocycles. The van der Waals surface area contributed by atoms with E-state index >= 15 is 0 Å². The third-order valence-corrected chi connectivity index (χ3v) is 4.14. The molecule has 2 unspecified atom stereocenters. The molecule has 0 aliphatic heterocycles. The summed E-state index contributed by atoms with van der Waals surface area (Å²) in [5.41, 5.74) is -0.764. The fraction of sp³-hybridized carbons (Fsp3) is 0.867. The smallest absolute Gasteiger partial charge is 0.149 e. The summed E-state index contributed by atoms with van der Waals surface area (Å²) in [5, 5.41) is 0.